The zero-order chi connectivity index (χ0) is 20.9. The number of aliphatic hydroxyl groups is 2. The normalized spacial score (nSPS) is 13.1. The van der Waals surface area contributed by atoms with Crippen LogP contribution >= 0.6 is 0 Å². The molecular weight excluding hydrogens is 368 g/mol. The molecule has 0 aliphatic carbocycles. The summed E-state index contributed by atoms with van der Waals surface area (Å²) in [6.45, 7) is 1.96. The minimum Gasteiger partial charge on any atom is -0.497 e. The summed E-state index contributed by atoms with van der Waals surface area (Å²) in [5.41, 5.74) is 2.19. The number of aliphatic hydroxyl groups excluding tert-OH is 1. The van der Waals surface area contributed by atoms with E-state index in [0.717, 1.165) is 28.4 Å². The molecule has 0 bridgehead atoms. The fourth-order valence-corrected chi connectivity index (χ4v) is 3.35. The molecule has 1 atom stereocenters. The first-order valence-electron chi connectivity index (χ1n) is 9.77. The number of hydrogen-bond donors (Lipinski definition) is 2. The summed E-state index contributed by atoms with van der Waals surface area (Å²) in [5, 5.41) is 25.2. The predicted octanol–water partition coefficient (Wildman–Crippen LogP) is 3.93. The number of hydrogen-bond acceptors (Lipinski definition) is 5. The van der Waals surface area contributed by atoms with Gasteiger partial charge in [-0.2, -0.15) is 5.10 Å². The van der Waals surface area contributed by atoms with Gasteiger partial charge in [-0.1, -0.05) is 6.92 Å². The lowest BCUT2D eigenvalue weighted by molar-refractivity contribution is 0.0125. The second kappa shape index (κ2) is 9.11. The van der Waals surface area contributed by atoms with Gasteiger partial charge in [0.15, 0.2) is 0 Å². The van der Waals surface area contributed by atoms with Crippen molar-refractivity contribution >= 4 is 0 Å². The molecular formula is C23H28N2O4. The number of nitrogens with zero attached hydrogens (tertiary/aromatic N) is 2. The number of aromatic nitrogens is 2. The quantitative estimate of drug-likeness (QED) is 0.573. The van der Waals surface area contributed by atoms with Crippen molar-refractivity contribution in [3.63, 3.8) is 0 Å². The van der Waals surface area contributed by atoms with Crippen LogP contribution in [0.3, 0.4) is 0 Å². The summed E-state index contributed by atoms with van der Waals surface area (Å²) in [6.07, 6.45) is 1.47. The third-order valence-electron chi connectivity index (χ3n) is 5.22. The lowest BCUT2D eigenvalue weighted by Gasteiger charge is -2.24. The number of rotatable bonds is 9. The highest BCUT2D eigenvalue weighted by molar-refractivity contribution is 5.64. The standard InChI is InChI=1S/C23H28N2O4/c1-4-23(27,14-5-15-26)22-16-21(17-6-10-19(28-2)11-7-17)25(24-22)18-8-12-20(29-3)13-9-18/h6-13,16,26-27H,4-5,14-15H2,1-3H3. The van der Waals surface area contributed by atoms with Gasteiger partial charge in [-0.15, -0.1) is 0 Å². The SMILES string of the molecule is CCC(O)(CCCO)c1cc(-c2ccc(OC)cc2)n(-c2ccc(OC)cc2)n1. The highest BCUT2D eigenvalue weighted by Crippen LogP contribution is 2.34. The van der Waals surface area contributed by atoms with E-state index >= 15 is 0 Å². The van der Waals surface area contributed by atoms with E-state index in [0.29, 0.717) is 25.0 Å². The average molecular weight is 396 g/mol. The van der Waals surface area contributed by atoms with Crippen molar-refractivity contribution in [2.45, 2.75) is 31.8 Å². The lowest BCUT2D eigenvalue weighted by Crippen LogP contribution is -2.26. The maximum atomic E-state index is 11.2. The van der Waals surface area contributed by atoms with Crippen molar-refractivity contribution in [1.29, 1.82) is 0 Å². The van der Waals surface area contributed by atoms with Crippen molar-refractivity contribution in [2.75, 3.05) is 20.8 Å². The molecule has 2 aromatic carbocycles. The third-order valence-corrected chi connectivity index (χ3v) is 5.22. The van der Waals surface area contributed by atoms with E-state index < -0.39 is 5.60 Å². The van der Waals surface area contributed by atoms with Gasteiger partial charge in [0.2, 0.25) is 0 Å². The van der Waals surface area contributed by atoms with Crippen molar-refractivity contribution in [1.82, 2.24) is 9.78 Å². The van der Waals surface area contributed by atoms with Crippen LogP contribution in [0.4, 0.5) is 0 Å². The summed E-state index contributed by atoms with van der Waals surface area (Å²) in [4.78, 5) is 0. The molecule has 0 saturated heterocycles. The Morgan fingerprint density at radius 1 is 0.966 bits per heavy atom. The van der Waals surface area contributed by atoms with Gasteiger partial charge < -0.3 is 19.7 Å². The molecule has 29 heavy (non-hydrogen) atoms. The van der Waals surface area contributed by atoms with Gasteiger partial charge in [0.25, 0.3) is 0 Å². The zero-order valence-electron chi connectivity index (χ0n) is 17.1. The van der Waals surface area contributed by atoms with E-state index in [2.05, 4.69) is 0 Å². The van der Waals surface area contributed by atoms with E-state index in [1.54, 1.807) is 14.2 Å². The first kappa shape index (κ1) is 20.9. The third kappa shape index (κ3) is 4.44. The Morgan fingerprint density at radius 2 is 1.55 bits per heavy atom. The summed E-state index contributed by atoms with van der Waals surface area (Å²) in [5.74, 6) is 1.54. The van der Waals surface area contributed by atoms with Crippen molar-refractivity contribution in [3.05, 3.63) is 60.3 Å². The second-order valence-corrected chi connectivity index (χ2v) is 6.97. The molecule has 0 amide bonds. The Hall–Kier alpha value is -2.83. The highest BCUT2D eigenvalue weighted by atomic mass is 16.5. The molecule has 154 valence electrons. The fraction of sp³-hybridized carbons (Fsp3) is 0.348. The fourth-order valence-electron chi connectivity index (χ4n) is 3.35. The van der Waals surface area contributed by atoms with Crippen molar-refractivity contribution in [2.24, 2.45) is 0 Å². The average Bonchev–Trinajstić information content (AvgIpc) is 3.23. The van der Waals surface area contributed by atoms with Gasteiger partial charge in [0.1, 0.15) is 17.1 Å². The minimum atomic E-state index is -1.10. The molecule has 1 heterocycles. The molecule has 0 fully saturated rings. The topological polar surface area (TPSA) is 76.7 Å². The lowest BCUT2D eigenvalue weighted by atomic mass is 9.90. The molecule has 3 rings (SSSR count). The molecule has 0 saturated carbocycles. The molecule has 1 aromatic heterocycles. The number of benzene rings is 2. The summed E-state index contributed by atoms with van der Waals surface area (Å²) >= 11 is 0. The van der Waals surface area contributed by atoms with Crippen LogP contribution in [0.1, 0.15) is 31.9 Å². The van der Waals surface area contributed by atoms with Gasteiger partial charge in [0, 0.05) is 12.2 Å². The van der Waals surface area contributed by atoms with Crippen LogP contribution < -0.4 is 9.47 Å². The summed E-state index contributed by atoms with van der Waals surface area (Å²) in [7, 11) is 3.27. The van der Waals surface area contributed by atoms with E-state index in [4.69, 9.17) is 14.6 Å². The number of methoxy groups -OCH3 is 2. The van der Waals surface area contributed by atoms with Gasteiger partial charge in [-0.05, 0) is 73.9 Å². The Morgan fingerprint density at radius 3 is 2.07 bits per heavy atom. The predicted molar refractivity (Wildman–Crippen MR) is 113 cm³/mol. The highest BCUT2D eigenvalue weighted by Gasteiger charge is 2.31. The van der Waals surface area contributed by atoms with Crippen LogP contribution in [-0.2, 0) is 5.60 Å². The Balaban J connectivity index is 2.11. The van der Waals surface area contributed by atoms with Crippen molar-refractivity contribution in [3.8, 4) is 28.4 Å². The molecule has 0 spiro atoms. The first-order valence-corrected chi connectivity index (χ1v) is 9.77. The maximum Gasteiger partial charge on any atom is 0.119 e. The molecule has 3 aromatic rings. The van der Waals surface area contributed by atoms with Gasteiger partial charge in [-0.3, -0.25) is 0 Å². The molecule has 1 unspecified atom stereocenters. The van der Waals surface area contributed by atoms with E-state index in [1.807, 2.05) is 66.2 Å². The first-order chi connectivity index (χ1) is 14.0. The summed E-state index contributed by atoms with van der Waals surface area (Å²) < 4.78 is 12.4. The van der Waals surface area contributed by atoms with Gasteiger partial charge in [-0.25, -0.2) is 4.68 Å². The Bertz CT molecular complexity index is 854. The smallest absolute Gasteiger partial charge is 0.119 e. The molecule has 0 aliphatic heterocycles. The van der Waals surface area contributed by atoms with Crippen LogP contribution in [0.2, 0.25) is 0 Å². The molecule has 0 radical (unpaired) electrons. The molecule has 6 heteroatoms. The van der Waals surface area contributed by atoms with Crippen molar-refractivity contribution < 1.29 is 19.7 Å². The Kier molecular flexibility index (Phi) is 6.56. The maximum absolute atomic E-state index is 11.2. The molecule has 2 N–H and O–H groups in total. The van der Waals surface area contributed by atoms with Gasteiger partial charge >= 0.3 is 0 Å². The second-order valence-electron chi connectivity index (χ2n) is 6.97. The van der Waals surface area contributed by atoms with Crippen LogP contribution in [-0.4, -0.2) is 40.8 Å². The Labute approximate surface area is 171 Å². The van der Waals surface area contributed by atoms with Crippen LogP contribution in [0.5, 0.6) is 11.5 Å². The summed E-state index contributed by atoms with van der Waals surface area (Å²) in [6, 6.07) is 17.3. The zero-order valence-corrected chi connectivity index (χ0v) is 17.1. The molecule has 6 nitrogen and oxygen atoms in total. The monoisotopic (exact) mass is 396 g/mol. The van der Waals surface area contributed by atoms with Crippen LogP contribution in [0.25, 0.3) is 16.9 Å². The van der Waals surface area contributed by atoms with Crippen LogP contribution in [0.15, 0.2) is 54.6 Å². The largest absolute Gasteiger partial charge is 0.497 e. The van der Waals surface area contributed by atoms with Gasteiger partial charge in [0.05, 0.1) is 31.3 Å². The van der Waals surface area contributed by atoms with Crippen LogP contribution in [0, 0.1) is 0 Å². The minimum absolute atomic E-state index is 0.0346. The van der Waals surface area contributed by atoms with E-state index in [9.17, 15) is 10.2 Å². The van der Waals surface area contributed by atoms with E-state index in [-0.39, 0.29) is 6.61 Å². The number of ether oxygens (including phenoxy) is 2. The molecule has 0 aliphatic rings. The van der Waals surface area contributed by atoms with E-state index in [1.165, 1.54) is 0 Å².